The fraction of sp³-hybridized carbons (Fsp3) is 0.643. The van der Waals surface area contributed by atoms with Crippen LogP contribution in [-0.2, 0) is 5.41 Å². The van der Waals surface area contributed by atoms with Crippen molar-refractivity contribution in [2.75, 3.05) is 11.9 Å². The van der Waals surface area contributed by atoms with Crippen molar-refractivity contribution in [2.45, 2.75) is 46.1 Å². The lowest BCUT2D eigenvalue weighted by molar-refractivity contribution is 0.520. The van der Waals surface area contributed by atoms with Crippen LogP contribution >= 0.6 is 0 Å². The summed E-state index contributed by atoms with van der Waals surface area (Å²) in [6.45, 7) is 11.5. The summed E-state index contributed by atoms with van der Waals surface area (Å²) in [5.41, 5.74) is 7.05. The molecule has 0 radical (unpaired) electrons. The maximum atomic E-state index is 5.65. The lowest BCUT2D eigenvalue weighted by atomic mass is 9.88. The van der Waals surface area contributed by atoms with E-state index in [4.69, 9.17) is 5.73 Å². The van der Waals surface area contributed by atoms with Crippen LogP contribution in [0, 0.1) is 5.92 Å². The van der Waals surface area contributed by atoms with Gasteiger partial charge in [-0.05, 0) is 36.4 Å². The van der Waals surface area contributed by atoms with Crippen LogP contribution in [0.25, 0.3) is 0 Å². The highest BCUT2D eigenvalue weighted by Gasteiger charge is 2.14. The molecule has 3 N–H and O–H groups in total. The molecule has 96 valence electrons. The topological polar surface area (TPSA) is 50.9 Å². The number of nitrogens with two attached hydrogens (primary N) is 1. The van der Waals surface area contributed by atoms with Gasteiger partial charge in [-0.1, -0.05) is 33.8 Å². The second-order valence-corrected chi connectivity index (χ2v) is 5.83. The zero-order chi connectivity index (χ0) is 13.1. The Balaban J connectivity index is 2.69. The fourth-order valence-corrected chi connectivity index (χ4v) is 1.50. The van der Waals surface area contributed by atoms with Gasteiger partial charge in [0.2, 0.25) is 0 Å². The quantitative estimate of drug-likeness (QED) is 0.843. The van der Waals surface area contributed by atoms with Gasteiger partial charge >= 0.3 is 0 Å². The van der Waals surface area contributed by atoms with Gasteiger partial charge in [-0.2, -0.15) is 0 Å². The average molecular weight is 235 g/mol. The summed E-state index contributed by atoms with van der Waals surface area (Å²) < 4.78 is 0. The third kappa shape index (κ3) is 4.00. The number of aromatic nitrogens is 1. The molecule has 0 fully saturated rings. The second-order valence-electron chi connectivity index (χ2n) is 5.83. The summed E-state index contributed by atoms with van der Waals surface area (Å²) >= 11 is 0. The summed E-state index contributed by atoms with van der Waals surface area (Å²) in [7, 11) is 0. The standard InChI is InChI=1S/C14H25N3/c1-10(8-15)11(2)17-13-7-6-12(9-16-13)14(3,4)5/h6-7,9-11H,8,15H2,1-5H3,(H,16,17). The van der Waals surface area contributed by atoms with Crippen molar-refractivity contribution in [3.63, 3.8) is 0 Å². The molecule has 0 saturated heterocycles. The molecule has 0 aliphatic carbocycles. The lowest BCUT2D eigenvalue weighted by Crippen LogP contribution is -2.29. The van der Waals surface area contributed by atoms with Gasteiger partial charge in [0.25, 0.3) is 0 Å². The first-order chi connectivity index (χ1) is 7.84. The number of nitrogens with one attached hydrogen (secondary N) is 1. The molecule has 3 heteroatoms. The molecule has 0 aromatic carbocycles. The number of hydrogen-bond donors (Lipinski definition) is 2. The van der Waals surface area contributed by atoms with Crippen LogP contribution in [0.1, 0.15) is 40.2 Å². The molecule has 0 spiro atoms. The molecule has 1 heterocycles. The molecule has 0 aliphatic heterocycles. The monoisotopic (exact) mass is 235 g/mol. The van der Waals surface area contributed by atoms with E-state index in [1.807, 2.05) is 12.3 Å². The van der Waals surface area contributed by atoms with Gasteiger partial charge in [0, 0.05) is 12.2 Å². The first kappa shape index (κ1) is 14.0. The van der Waals surface area contributed by atoms with E-state index >= 15 is 0 Å². The highest BCUT2D eigenvalue weighted by Crippen LogP contribution is 2.22. The summed E-state index contributed by atoms with van der Waals surface area (Å²) in [5.74, 6) is 1.37. The Labute approximate surface area is 105 Å². The number of pyridine rings is 1. The van der Waals surface area contributed by atoms with Gasteiger partial charge < -0.3 is 11.1 Å². The van der Waals surface area contributed by atoms with Crippen molar-refractivity contribution >= 4 is 5.82 Å². The van der Waals surface area contributed by atoms with Crippen molar-refractivity contribution in [2.24, 2.45) is 11.7 Å². The van der Waals surface area contributed by atoms with E-state index in [2.05, 4.69) is 51.0 Å². The second kappa shape index (κ2) is 5.50. The maximum absolute atomic E-state index is 5.65. The van der Waals surface area contributed by atoms with Gasteiger partial charge in [0.15, 0.2) is 0 Å². The summed E-state index contributed by atoms with van der Waals surface area (Å²) in [6.07, 6.45) is 1.95. The van der Waals surface area contributed by atoms with Crippen LogP contribution in [0.2, 0.25) is 0 Å². The molecule has 0 aliphatic rings. The van der Waals surface area contributed by atoms with Crippen LogP contribution in [-0.4, -0.2) is 17.6 Å². The molecule has 17 heavy (non-hydrogen) atoms. The van der Waals surface area contributed by atoms with Crippen molar-refractivity contribution in [3.8, 4) is 0 Å². The van der Waals surface area contributed by atoms with E-state index in [-0.39, 0.29) is 5.41 Å². The molecule has 2 unspecified atom stereocenters. The summed E-state index contributed by atoms with van der Waals surface area (Å²) in [6, 6.07) is 4.52. The Hall–Kier alpha value is -1.09. The van der Waals surface area contributed by atoms with Gasteiger partial charge in [-0.3, -0.25) is 0 Å². The molecular formula is C14H25N3. The van der Waals surface area contributed by atoms with Gasteiger partial charge in [-0.15, -0.1) is 0 Å². The molecule has 1 rings (SSSR count). The highest BCUT2D eigenvalue weighted by atomic mass is 15.0. The largest absolute Gasteiger partial charge is 0.367 e. The van der Waals surface area contributed by atoms with Crippen molar-refractivity contribution in [3.05, 3.63) is 23.9 Å². The van der Waals surface area contributed by atoms with Gasteiger partial charge in [0.1, 0.15) is 5.82 Å². The first-order valence-corrected chi connectivity index (χ1v) is 6.27. The molecule has 0 amide bonds. The molecule has 0 saturated carbocycles. The van der Waals surface area contributed by atoms with Crippen molar-refractivity contribution in [1.29, 1.82) is 0 Å². The van der Waals surface area contributed by atoms with Crippen molar-refractivity contribution < 1.29 is 0 Å². The third-order valence-electron chi connectivity index (χ3n) is 3.23. The van der Waals surface area contributed by atoms with Crippen LogP contribution < -0.4 is 11.1 Å². The summed E-state index contributed by atoms with van der Waals surface area (Å²) in [5, 5.41) is 3.38. The van der Waals surface area contributed by atoms with Crippen LogP contribution in [0.5, 0.6) is 0 Å². The SMILES string of the molecule is CC(CN)C(C)Nc1ccc(C(C)(C)C)cn1. The zero-order valence-corrected chi connectivity index (χ0v) is 11.6. The predicted octanol–water partition coefficient (Wildman–Crippen LogP) is 2.77. The lowest BCUT2D eigenvalue weighted by Gasteiger charge is -2.22. The fourth-order valence-electron chi connectivity index (χ4n) is 1.50. The van der Waals surface area contributed by atoms with E-state index in [0.29, 0.717) is 18.5 Å². The number of nitrogens with zero attached hydrogens (tertiary/aromatic N) is 1. The Morgan fingerprint density at radius 2 is 1.94 bits per heavy atom. The smallest absolute Gasteiger partial charge is 0.126 e. The Morgan fingerprint density at radius 1 is 1.29 bits per heavy atom. The van der Waals surface area contributed by atoms with Crippen molar-refractivity contribution in [1.82, 2.24) is 4.98 Å². The average Bonchev–Trinajstić information content (AvgIpc) is 2.27. The van der Waals surface area contributed by atoms with E-state index in [0.717, 1.165) is 5.82 Å². The van der Waals surface area contributed by atoms with Crippen LogP contribution in [0.3, 0.4) is 0 Å². The minimum absolute atomic E-state index is 0.154. The highest BCUT2D eigenvalue weighted by molar-refractivity contribution is 5.38. The Kier molecular flexibility index (Phi) is 4.52. The third-order valence-corrected chi connectivity index (χ3v) is 3.23. The molecular weight excluding hydrogens is 210 g/mol. The Bertz CT molecular complexity index is 337. The number of anilines is 1. The minimum atomic E-state index is 0.154. The predicted molar refractivity (Wildman–Crippen MR) is 74.2 cm³/mol. The van der Waals surface area contributed by atoms with E-state index in [1.165, 1.54) is 5.56 Å². The van der Waals surface area contributed by atoms with Gasteiger partial charge in [0.05, 0.1) is 0 Å². The van der Waals surface area contributed by atoms with E-state index < -0.39 is 0 Å². The Morgan fingerprint density at radius 3 is 2.35 bits per heavy atom. The number of hydrogen-bond acceptors (Lipinski definition) is 3. The van der Waals surface area contributed by atoms with E-state index in [9.17, 15) is 0 Å². The van der Waals surface area contributed by atoms with E-state index in [1.54, 1.807) is 0 Å². The van der Waals surface area contributed by atoms with Crippen LogP contribution in [0.4, 0.5) is 5.82 Å². The molecule has 0 bridgehead atoms. The molecule has 3 nitrogen and oxygen atoms in total. The summed E-state index contributed by atoms with van der Waals surface area (Å²) in [4.78, 5) is 4.45. The first-order valence-electron chi connectivity index (χ1n) is 6.27. The van der Waals surface area contributed by atoms with Gasteiger partial charge in [-0.25, -0.2) is 4.98 Å². The molecule has 1 aromatic heterocycles. The maximum Gasteiger partial charge on any atom is 0.126 e. The number of rotatable bonds is 4. The van der Waals surface area contributed by atoms with Crippen LogP contribution in [0.15, 0.2) is 18.3 Å². The molecule has 1 aromatic rings. The molecule has 2 atom stereocenters. The minimum Gasteiger partial charge on any atom is -0.367 e. The normalized spacial score (nSPS) is 15.4. The zero-order valence-electron chi connectivity index (χ0n) is 11.6.